The SMILES string of the molecule is O=C(O)C1=C(Cl)CS[C@H]2C(NC(=O)C(C(=O)O)c3cccs3)C(=O)N12. The standard InChI is InChI=1S/C14H11ClN2O6S2/c15-5-4-25-12-8(11(19)17(12)9(5)14(22)23)16-10(18)7(13(20)21)6-2-1-3-24-6/h1-3,7-8,12H,4H2,(H,16,18)(H,20,21)(H,22,23)/t7?,8?,12-/m0/s1. The Hall–Kier alpha value is -2.04. The number of amides is 2. The summed E-state index contributed by atoms with van der Waals surface area (Å²) in [6, 6.07) is 2.17. The van der Waals surface area contributed by atoms with Gasteiger partial charge < -0.3 is 15.5 Å². The molecule has 25 heavy (non-hydrogen) atoms. The van der Waals surface area contributed by atoms with Crippen LogP contribution < -0.4 is 5.32 Å². The lowest BCUT2D eigenvalue weighted by Gasteiger charge is -2.48. The van der Waals surface area contributed by atoms with Crippen LogP contribution in [0.15, 0.2) is 28.2 Å². The molecule has 0 aromatic carbocycles. The zero-order chi connectivity index (χ0) is 18.3. The van der Waals surface area contributed by atoms with Gasteiger partial charge in [-0.2, -0.15) is 0 Å². The number of carboxylic acid groups (broad SMARTS) is 2. The monoisotopic (exact) mass is 402 g/mol. The number of fused-ring (bicyclic) bond motifs is 1. The Kier molecular flexibility index (Phi) is 4.76. The van der Waals surface area contributed by atoms with Gasteiger partial charge in [-0.1, -0.05) is 17.7 Å². The molecule has 0 bridgehead atoms. The maximum Gasteiger partial charge on any atom is 0.353 e. The summed E-state index contributed by atoms with van der Waals surface area (Å²) < 4.78 is 0. The number of carbonyl (C=O) groups excluding carboxylic acids is 2. The molecule has 8 nitrogen and oxygen atoms in total. The van der Waals surface area contributed by atoms with E-state index in [1.54, 1.807) is 11.4 Å². The fourth-order valence-electron chi connectivity index (χ4n) is 2.64. The molecule has 3 atom stereocenters. The number of carbonyl (C=O) groups is 4. The minimum atomic E-state index is -1.42. The smallest absolute Gasteiger partial charge is 0.353 e. The number of hydrogen-bond donors (Lipinski definition) is 3. The number of nitrogens with zero attached hydrogens (tertiary/aromatic N) is 1. The highest BCUT2D eigenvalue weighted by atomic mass is 35.5. The van der Waals surface area contributed by atoms with Crippen LogP contribution in [0.2, 0.25) is 0 Å². The summed E-state index contributed by atoms with van der Waals surface area (Å²) in [5, 5.41) is 22.0. The highest BCUT2D eigenvalue weighted by molar-refractivity contribution is 8.00. The van der Waals surface area contributed by atoms with E-state index < -0.39 is 41.1 Å². The fourth-order valence-corrected chi connectivity index (χ4v) is 5.00. The van der Waals surface area contributed by atoms with Crippen LogP contribution in [0.3, 0.4) is 0 Å². The summed E-state index contributed by atoms with van der Waals surface area (Å²) in [5.74, 6) is -5.32. The minimum absolute atomic E-state index is 0.0499. The Morgan fingerprint density at radius 2 is 2.08 bits per heavy atom. The molecule has 3 rings (SSSR count). The average molecular weight is 403 g/mol. The van der Waals surface area contributed by atoms with Crippen molar-refractivity contribution in [2.24, 2.45) is 0 Å². The molecule has 11 heteroatoms. The minimum Gasteiger partial charge on any atom is -0.480 e. The fraction of sp³-hybridized carbons (Fsp3) is 0.286. The molecule has 1 aromatic heterocycles. The van der Waals surface area contributed by atoms with Crippen molar-refractivity contribution in [2.75, 3.05) is 5.75 Å². The predicted octanol–water partition coefficient (Wildman–Crippen LogP) is 0.851. The third-order valence-electron chi connectivity index (χ3n) is 3.76. The molecule has 0 radical (unpaired) electrons. The number of aliphatic carboxylic acids is 2. The highest BCUT2D eigenvalue weighted by Gasteiger charge is 2.54. The Balaban J connectivity index is 1.77. The van der Waals surface area contributed by atoms with E-state index in [0.717, 1.165) is 16.2 Å². The molecule has 1 aromatic rings. The molecular weight excluding hydrogens is 392 g/mol. The van der Waals surface area contributed by atoms with Crippen LogP contribution in [0.25, 0.3) is 0 Å². The van der Waals surface area contributed by atoms with E-state index in [9.17, 15) is 29.4 Å². The first kappa shape index (κ1) is 17.8. The van der Waals surface area contributed by atoms with Gasteiger partial charge in [0, 0.05) is 10.6 Å². The van der Waals surface area contributed by atoms with E-state index in [1.165, 1.54) is 17.8 Å². The summed E-state index contributed by atoms with van der Waals surface area (Å²) in [6.45, 7) is 0. The van der Waals surface area contributed by atoms with Gasteiger partial charge in [0.15, 0.2) is 5.92 Å². The average Bonchev–Trinajstić information content (AvgIpc) is 3.05. The number of hydrogen-bond acceptors (Lipinski definition) is 6. The van der Waals surface area contributed by atoms with Gasteiger partial charge in [0.25, 0.3) is 5.91 Å². The Morgan fingerprint density at radius 1 is 1.36 bits per heavy atom. The summed E-state index contributed by atoms with van der Waals surface area (Å²) in [6.07, 6.45) is 0. The third kappa shape index (κ3) is 3.00. The van der Waals surface area contributed by atoms with E-state index in [4.69, 9.17) is 11.6 Å². The lowest BCUT2D eigenvalue weighted by atomic mass is 10.0. The van der Waals surface area contributed by atoms with Crippen LogP contribution in [0.1, 0.15) is 10.8 Å². The largest absolute Gasteiger partial charge is 0.480 e. The first-order chi connectivity index (χ1) is 11.8. The summed E-state index contributed by atoms with van der Waals surface area (Å²) in [5.41, 5.74) is -0.297. The van der Waals surface area contributed by atoms with Crippen LogP contribution in [0.5, 0.6) is 0 Å². The van der Waals surface area contributed by atoms with E-state index in [-0.39, 0.29) is 16.5 Å². The van der Waals surface area contributed by atoms with E-state index in [0.29, 0.717) is 4.88 Å². The zero-order valence-corrected chi connectivity index (χ0v) is 14.7. The zero-order valence-electron chi connectivity index (χ0n) is 12.3. The number of rotatable bonds is 5. The first-order valence-electron chi connectivity index (χ1n) is 6.96. The maximum absolute atomic E-state index is 12.4. The van der Waals surface area contributed by atoms with Gasteiger partial charge in [-0.05, 0) is 11.4 Å². The van der Waals surface area contributed by atoms with Gasteiger partial charge in [0.05, 0.1) is 5.03 Å². The molecule has 3 heterocycles. The number of thiophene rings is 1. The molecule has 3 N–H and O–H groups in total. The van der Waals surface area contributed by atoms with Gasteiger partial charge in [0.1, 0.15) is 17.1 Å². The topological polar surface area (TPSA) is 124 Å². The number of halogens is 1. The number of carboxylic acids is 2. The van der Waals surface area contributed by atoms with Crippen LogP contribution in [-0.4, -0.2) is 56.0 Å². The molecule has 2 aliphatic rings. The van der Waals surface area contributed by atoms with Crippen molar-refractivity contribution in [1.82, 2.24) is 10.2 Å². The maximum atomic E-state index is 12.4. The van der Waals surface area contributed by atoms with Crippen molar-refractivity contribution in [3.63, 3.8) is 0 Å². The Morgan fingerprint density at radius 3 is 2.64 bits per heavy atom. The molecule has 1 fully saturated rings. The van der Waals surface area contributed by atoms with Crippen molar-refractivity contribution in [1.29, 1.82) is 0 Å². The van der Waals surface area contributed by atoms with E-state index in [1.807, 2.05) is 0 Å². The van der Waals surface area contributed by atoms with E-state index >= 15 is 0 Å². The molecular formula is C14H11ClN2O6S2. The lowest BCUT2D eigenvalue weighted by Crippen LogP contribution is -2.70. The Bertz CT molecular complexity index is 793. The van der Waals surface area contributed by atoms with Crippen LogP contribution >= 0.6 is 34.7 Å². The van der Waals surface area contributed by atoms with Crippen molar-refractivity contribution in [3.8, 4) is 0 Å². The van der Waals surface area contributed by atoms with Gasteiger partial charge >= 0.3 is 11.9 Å². The van der Waals surface area contributed by atoms with E-state index in [2.05, 4.69) is 5.32 Å². The van der Waals surface area contributed by atoms with Crippen LogP contribution in [0.4, 0.5) is 0 Å². The molecule has 0 spiro atoms. The van der Waals surface area contributed by atoms with Crippen molar-refractivity contribution in [3.05, 3.63) is 33.1 Å². The van der Waals surface area contributed by atoms with Crippen LogP contribution in [0, 0.1) is 0 Å². The number of nitrogens with one attached hydrogen (secondary N) is 1. The number of thioether (sulfide) groups is 1. The predicted molar refractivity (Wildman–Crippen MR) is 90.2 cm³/mol. The summed E-state index contributed by atoms with van der Waals surface area (Å²) in [7, 11) is 0. The van der Waals surface area contributed by atoms with Crippen molar-refractivity contribution < 1.29 is 29.4 Å². The second-order valence-corrected chi connectivity index (χ2v) is 7.78. The van der Waals surface area contributed by atoms with Gasteiger partial charge in [-0.15, -0.1) is 23.1 Å². The summed E-state index contributed by atoms with van der Waals surface area (Å²) >= 11 is 8.20. The van der Waals surface area contributed by atoms with Gasteiger partial charge in [0.2, 0.25) is 5.91 Å². The quantitative estimate of drug-likeness (QED) is 0.492. The third-order valence-corrected chi connectivity index (χ3v) is 6.45. The van der Waals surface area contributed by atoms with Gasteiger partial charge in [-0.3, -0.25) is 19.3 Å². The second kappa shape index (κ2) is 6.70. The van der Waals surface area contributed by atoms with Crippen LogP contribution in [-0.2, 0) is 19.2 Å². The summed E-state index contributed by atoms with van der Waals surface area (Å²) in [4.78, 5) is 48.7. The Labute approximate surface area is 154 Å². The molecule has 0 saturated carbocycles. The van der Waals surface area contributed by atoms with Crippen molar-refractivity contribution >= 4 is 58.5 Å². The number of β-lactam (4-membered cyclic amide) rings is 1. The molecule has 2 aliphatic heterocycles. The second-order valence-electron chi connectivity index (χ2n) is 5.24. The lowest BCUT2D eigenvalue weighted by molar-refractivity contribution is -0.152. The molecule has 2 unspecified atom stereocenters. The van der Waals surface area contributed by atoms with Crippen molar-refractivity contribution in [2.45, 2.75) is 17.3 Å². The molecule has 1 saturated heterocycles. The highest BCUT2D eigenvalue weighted by Crippen LogP contribution is 2.41. The molecule has 0 aliphatic carbocycles. The molecule has 132 valence electrons. The molecule has 2 amide bonds. The normalized spacial score (nSPS) is 23.6. The first-order valence-corrected chi connectivity index (χ1v) is 9.26. The van der Waals surface area contributed by atoms with Gasteiger partial charge in [-0.25, -0.2) is 4.79 Å².